The van der Waals surface area contributed by atoms with E-state index in [9.17, 15) is 4.79 Å². The van der Waals surface area contributed by atoms with Gasteiger partial charge in [-0.2, -0.15) is 0 Å². The van der Waals surface area contributed by atoms with Crippen molar-refractivity contribution < 1.29 is 9.90 Å². The second-order valence-electron chi connectivity index (χ2n) is 4.11. The maximum absolute atomic E-state index is 10.9. The van der Waals surface area contributed by atoms with Gasteiger partial charge in [0.1, 0.15) is 10.0 Å². The van der Waals surface area contributed by atoms with E-state index in [1.54, 1.807) is 0 Å². The van der Waals surface area contributed by atoms with Crippen LogP contribution in [0.1, 0.15) is 12.6 Å². The highest BCUT2D eigenvalue weighted by Crippen LogP contribution is 2.26. The Kier molecular flexibility index (Phi) is 3.41. The van der Waals surface area contributed by atoms with Gasteiger partial charge in [-0.3, -0.25) is 9.69 Å². The van der Waals surface area contributed by atoms with Crippen molar-refractivity contribution >= 4 is 29.1 Å². The molecule has 2 rings (SSSR count). The average Bonchev–Trinajstić information content (AvgIpc) is 2.75. The monoisotopic (exact) mass is 261 g/mol. The van der Waals surface area contributed by atoms with Crippen molar-refractivity contribution in [2.75, 3.05) is 13.1 Å². The number of halogens is 1. The van der Waals surface area contributed by atoms with Gasteiger partial charge in [0.15, 0.2) is 0 Å². The van der Waals surface area contributed by atoms with Crippen LogP contribution in [0.5, 0.6) is 0 Å². The lowest BCUT2D eigenvalue weighted by atomic mass is 9.99. The van der Waals surface area contributed by atoms with Crippen LogP contribution in [-0.2, 0) is 11.3 Å². The molecule has 1 aromatic heterocycles. The zero-order valence-corrected chi connectivity index (χ0v) is 10.3. The first-order chi connectivity index (χ1) is 7.58. The molecule has 0 aliphatic carbocycles. The number of nitrogens with zero attached hydrogens (tertiary/aromatic N) is 3. The van der Waals surface area contributed by atoms with Gasteiger partial charge in [0.05, 0.1) is 5.92 Å². The van der Waals surface area contributed by atoms with E-state index < -0.39 is 5.97 Å². The Morgan fingerprint density at radius 1 is 1.69 bits per heavy atom. The van der Waals surface area contributed by atoms with Crippen molar-refractivity contribution in [2.45, 2.75) is 13.5 Å². The normalized spacial score (nSPS) is 26.1. The SMILES string of the molecule is CC1CN(Cc2nnsc2Cl)CC1C(=O)O. The van der Waals surface area contributed by atoms with E-state index >= 15 is 0 Å². The van der Waals surface area contributed by atoms with E-state index in [1.807, 2.05) is 6.92 Å². The number of carboxylic acids is 1. The standard InChI is InChI=1S/C9H12ClN3O2S/c1-5-2-13(3-6(5)9(14)15)4-7-8(10)16-12-11-7/h5-6H,2-4H2,1H3,(H,14,15). The van der Waals surface area contributed by atoms with Crippen molar-refractivity contribution in [1.29, 1.82) is 0 Å². The first kappa shape index (κ1) is 11.8. The number of carboxylic acid groups (broad SMARTS) is 1. The summed E-state index contributed by atoms with van der Waals surface area (Å²) < 4.78 is 4.34. The molecule has 0 saturated carbocycles. The van der Waals surface area contributed by atoms with Crippen molar-refractivity contribution in [1.82, 2.24) is 14.5 Å². The summed E-state index contributed by atoms with van der Waals surface area (Å²) in [5.74, 6) is -0.842. The number of likely N-dealkylation sites (tertiary alicyclic amines) is 1. The van der Waals surface area contributed by atoms with Crippen LogP contribution in [0, 0.1) is 11.8 Å². The van der Waals surface area contributed by atoms with Gasteiger partial charge in [-0.15, -0.1) is 5.10 Å². The fourth-order valence-corrected chi connectivity index (χ4v) is 2.63. The maximum Gasteiger partial charge on any atom is 0.308 e. The predicted octanol–water partition coefficient (Wildman–Crippen LogP) is 1.34. The molecule has 0 radical (unpaired) electrons. The minimum absolute atomic E-state index is 0.169. The highest BCUT2D eigenvalue weighted by atomic mass is 35.5. The van der Waals surface area contributed by atoms with Gasteiger partial charge in [0.2, 0.25) is 0 Å². The van der Waals surface area contributed by atoms with Crippen LogP contribution >= 0.6 is 23.1 Å². The molecule has 0 spiro atoms. The number of rotatable bonds is 3. The molecule has 2 atom stereocenters. The van der Waals surface area contributed by atoms with Crippen molar-refractivity contribution in [2.24, 2.45) is 11.8 Å². The molecule has 1 saturated heterocycles. The van der Waals surface area contributed by atoms with Gasteiger partial charge in [-0.25, -0.2) is 0 Å². The lowest BCUT2D eigenvalue weighted by Crippen LogP contribution is -2.23. The van der Waals surface area contributed by atoms with E-state index in [0.717, 1.165) is 23.8 Å². The Labute approximate surface area is 102 Å². The molecule has 1 aliphatic heterocycles. The van der Waals surface area contributed by atoms with E-state index in [1.165, 1.54) is 0 Å². The number of aromatic nitrogens is 2. The molecule has 1 aromatic rings. The Balaban J connectivity index is 1.99. The molecule has 88 valence electrons. The lowest BCUT2D eigenvalue weighted by Gasteiger charge is -2.12. The quantitative estimate of drug-likeness (QED) is 0.890. The van der Waals surface area contributed by atoms with Gasteiger partial charge < -0.3 is 5.11 Å². The predicted molar refractivity (Wildman–Crippen MR) is 60.5 cm³/mol. The van der Waals surface area contributed by atoms with E-state index in [2.05, 4.69) is 14.5 Å². The van der Waals surface area contributed by atoms with E-state index in [4.69, 9.17) is 16.7 Å². The molecule has 16 heavy (non-hydrogen) atoms. The smallest absolute Gasteiger partial charge is 0.308 e. The lowest BCUT2D eigenvalue weighted by molar-refractivity contribution is -0.142. The molecule has 1 aliphatic rings. The molecule has 0 amide bonds. The summed E-state index contributed by atoms with van der Waals surface area (Å²) in [6, 6.07) is 0. The largest absolute Gasteiger partial charge is 0.481 e. The van der Waals surface area contributed by atoms with Gasteiger partial charge in [-0.05, 0) is 5.92 Å². The second-order valence-corrected chi connectivity index (χ2v) is 5.47. The molecule has 2 unspecified atom stereocenters. The number of hydrogen-bond acceptors (Lipinski definition) is 5. The minimum atomic E-state index is -0.725. The van der Waals surface area contributed by atoms with Gasteiger partial charge in [-0.1, -0.05) is 23.0 Å². The van der Waals surface area contributed by atoms with Crippen molar-refractivity contribution in [3.05, 3.63) is 10.0 Å². The molecule has 0 bridgehead atoms. The summed E-state index contributed by atoms with van der Waals surface area (Å²) >= 11 is 7.06. The Hall–Kier alpha value is -0.720. The van der Waals surface area contributed by atoms with Gasteiger partial charge in [0, 0.05) is 31.2 Å². The van der Waals surface area contributed by atoms with Crippen LogP contribution in [0.25, 0.3) is 0 Å². The van der Waals surface area contributed by atoms with Gasteiger partial charge in [0.25, 0.3) is 0 Å². The molecule has 5 nitrogen and oxygen atoms in total. The van der Waals surface area contributed by atoms with Crippen LogP contribution < -0.4 is 0 Å². The maximum atomic E-state index is 10.9. The number of carbonyl (C=O) groups is 1. The van der Waals surface area contributed by atoms with Crippen LogP contribution in [0.15, 0.2) is 0 Å². The second kappa shape index (κ2) is 4.65. The highest BCUT2D eigenvalue weighted by Gasteiger charge is 2.35. The molecular weight excluding hydrogens is 250 g/mol. The van der Waals surface area contributed by atoms with E-state index in [0.29, 0.717) is 17.4 Å². The van der Waals surface area contributed by atoms with Crippen LogP contribution in [0.4, 0.5) is 0 Å². The summed E-state index contributed by atoms with van der Waals surface area (Å²) in [4.78, 5) is 13.0. The molecule has 1 fully saturated rings. The average molecular weight is 262 g/mol. The fraction of sp³-hybridized carbons (Fsp3) is 0.667. The van der Waals surface area contributed by atoms with E-state index in [-0.39, 0.29) is 11.8 Å². The zero-order valence-electron chi connectivity index (χ0n) is 8.76. The number of aliphatic carboxylic acids is 1. The molecule has 2 heterocycles. The first-order valence-electron chi connectivity index (χ1n) is 5.00. The summed E-state index contributed by atoms with van der Waals surface area (Å²) in [5.41, 5.74) is 0.741. The van der Waals surface area contributed by atoms with Crippen molar-refractivity contribution in [3.8, 4) is 0 Å². The third-order valence-corrected chi connectivity index (χ3v) is 3.87. The third kappa shape index (κ3) is 2.34. The summed E-state index contributed by atoms with van der Waals surface area (Å²) in [5, 5.41) is 12.9. The zero-order chi connectivity index (χ0) is 11.7. The molecule has 7 heteroatoms. The fourth-order valence-electron chi connectivity index (χ4n) is 2.02. The third-order valence-electron chi connectivity index (χ3n) is 2.89. The number of hydrogen-bond donors (Lipinski definition) is 1. The Morgan fingerprint density at radius 3 is 2.94 bits per heavy atom. The van der Waals surface area contributed by atoms with Crippen LogP contribution in [-0.4, -0.2) is 38.7 Å². The summed E-state index contributed by atoms with van der Waals surface area (Å²) in [7, 11) is 0. The molecular formula is C9H12ClN3O2S. The first-order valence-corrected chi connectivity index (χ1v) is 6.15. The highest BCUT2D eigenvalue weighted by molar-refractivity contribution is 7.10. The van der Waals surface area contributed by atoms with Crippen LogP contribution in [0.3, 0.4) is 0 Å². The van der Waals surface area contributed by atoms with Crippen LogP contribution in [0.2, 0.25) is 4.34 Å². The topological polar surface area (TPSA) is 66.3 Å². The molecule has 1 N–H and O–H groups in total. The minimum Gasteiger partial charge on any atom is -0.481 e. The molecule has 0 aromatic carbocycles. The van der Waals surface area contributed by atoms with Crippen molar-refractivity contribution in [3.63, 3.8) is 0 Å². The Morgan fingerprint density at radius 2 is 2.44 bits per heavy atom. The summed E-state index contributed by atoms with van der Waals surface area (Å²) in [6.45, 7) is 3.87. The Bertz CT molecular complexity index is 398. The summed E-state index contributed by atoms with van der Waals surface area (Å²) in [6.07, 6.45) is 0. The van der Waals surface area contributed by atoms with Gasteiger partial charge >= 0.3 is 5.97 Å².